The van der Waals surface area contributed by atoms with Gasteiger partial charge in [0.25, 0.3) is 5.91 Å². The average molecular weight is 410 g/mol. The minimum absolute atomic E-state index is 0.0534. The Morgan fingerprint density at radius 3 is 2.43 bits per heavy atom. The molecule has 3 rings (SSSR count). The van der Waals surface area contributed by atoms with Crippen LogP contribution in [-0.4, -0.2) is 56.2 Å². The predicted molar refractivity (Wildman–Crippen MR) is 123 cm³/mol. The molecular formula is C25H35N3O2. The number of piperazine rings is 1. The summed E-state index contributed by atoms with van der Waals surface area (Å²) in [5.41, 5.74) is 3.82. The average Bonchev–Trinajstić information content (AvgIpc) is 2.75. The number of nitrogens with zero attached hydrogens (tertiary/aromatic N) is 2. The third-order valence-corrected chi connectivity index (χ3v) is 5.64. The molecule has 5 heteroatoms. The number of rotatable bonds is 9. The molecule has 0 radical (unpaired) electrons. The van der Waals surface area contributed by atoms with Gasteiger partial charge in [0.1, 0.15) is 5.75 Å². The van der Waals surface area contributed by atoms with E-state index in [0.717, 1.165) is 51.3 Å². The molecule has 1 unspecified atom stereocenters. The number of ether oxygens (including phenoxy) is 1. The molecule has 1 N–H and O–H groups in total. The van der Waals surface area contributed by atoms with E-state index >= 15 is 0 Å². The maximum absolute atomic E-state index is 12.2. The number of carbonyl (C=O) groups is 1. The lowest BCUT2D eigenvalue weighted by Gasteiger charge is -2.36. The standard InChI is InChI=1S/C25H35N3O2/c1-20-9-11-24(12-10-20)30-22(3)25(29)26-13-4-5-14-27-15-17-28(18-16-27)23-8-6-7-21(2)19-23/h6-12,19,22H,4-5,13-18H2,1-3H3,(H,26,29). The summed E-state index contributed by atoms with van der Waals surface area (Å²) < 4.78 is 5.71. The van der Waals surface area contributed by atoms with E-state index in [4.69, 9.17) is 4.74 Å². The third-order valence-electron chi connectivity index (χ3n) is 5.64. The van der Waals surface area contributed by atoms with Gasteiger partial charge >= 0.3 is 0 Å². The second-order valence-electron chi connectivity index (χ2n) is 8.24. The minimum Gasteiger partial charge on any atom is -0.481 e. The fourth-order valence-corrected chi connectivity index (χ4v) is 3.74. The zero-order chi connectivity index (χ0) is 21.3. The van der Waals surface area contributed by atoms with Crippen molar-refractivity contribution in [3.05, 3.63) is 59.7 Å². The molecule has 5 nitrogen and oxygen atoms in total. The SMILES string of the molecule is Cc1ccc(OC(C)C(=O)NCCCCN2CCN(c3cccc(C)c3)CC2)cc1. The highest BCUT2D eigenvalue weighted by molar-refractivity contribution is 5.80. The number of hydrogen-bond acceptors (Lipinski definition) is 4. The Morgan fingerprint density at radius 1 is 1.00 bits per heavy atom. The minimum atomic E-state index is -0.484. The van der Waals surface area contributed by atoms with Gasteiger partial charge in [0.15, 0.2) is 6.10 Å². The zero-order valence-corrected chi connectivity index (χ0v) is 18.6. The lowest BCUT2D eigenvalue weighted by molar-refractivity contribution is -0.127. The molecule has 162 valence electrons. The number of benzene rings is 2. The number of unbranched alkanes of at least 4 members (excludes halogenated alkanes) is 1. The van der Waals surface area contributed by atoms with Gasteiger partial charge < -0.3 is 15.0 Å². The fraction of sp³-hybridized carbons (Fsp3) is 0.480. The van der Waals surface area contributed by atoms with Gasteiger partial charge in [-0.15, -0.1) is 0 Å². The van der Waals surface area contributed by atoms with E-state index in [-0.39, 0.29) is 5.91 Å². The van der Waals surface area contributed by atoms with Crippen LogP contribution in [0.1, 0.15) is 30.9 Å². The molecule has 2 aromatic rings. The van der Waals surface area contributed by atoms with Crippen LogP contribution in [0.2, 0.25) is 0 Å². The van der Waals surface area contributed by atoms with E-state index in [9.17, 15) is 4.79 Å². The van der Waals surface area contributed by atoms with Gasteiger partial charge in [0.05, 0.1) is 0 Å². The van der Waals surface area contributed by atoms with Gasteiger partial charge in [0, 0.05) is 38.4 Å². The van der Waals surface area contributed by atoms with E-state index in [1.165, 1.54) is 16.8 Å². The summed E-state index contributed by atoms with van der Waals surface area (Å²) in [5.74, 6) is 0.676. The molecule has 1 fully saturated rings. The first-order chi connectivity index (χ1) is 14.5. The van der Waals surface area contributed by atoms with Crippen molar-refractivity contribution in [2.24, 2.45) is 0 Å². The molecule has 0 saturated carbocycles. The molecule has 0 bridgehead atoms. The quantitative estimate of drug-likeness (QED) is 0.640. The third kappa shape index (κ3) is 6.77. The summed E-state index contributed by atoms with van der Waals surface area (Å²) in [5, 5.41) is 2.99. The predicted octanol–water partition coefficient (Wildman–Crippen LogP) is 3.79. The van der Waals surface area contributed by atoms with Crippen molar-refractivity contribution in [3.63, 3.8) is 0 Å². The molecule has 1 atom stereocenters. The monoisotopic (exact) mass is 409 g/mol. The second-order valence-corrected chi connectivity index (χ2v) is 8.24. The van der Waals surface area contributed by atoms with Crippen LogP contribution in [0.4, 0.5) is 5.69 Å². The maximum atomic E-state index is 12.2. The molecular weight excluding hydrogens is 374 g/mol. The smallest absolute Gasteiger partial charge is 0.260 e. The Bertz CT molecular complexity index is 798. The van der Waals surface area contributed by atoms with Gasteiger partial charge in [-0.3, -0.25) is 9.69 Å². The topological polar surface area (TPSA) is 44.8 Å². The molecule has 1 heterocycles. The van der Waals surface area contributed by atoms with Crippen molar-refractivity contribution in [2.45, 2.75) is 39.7 Å². The largest absolute Gasteiger partial charge is 0.481 e. The van der Waals surface area contributed by atoms with Crippen LogP contribution in [-0.2, 0) is 4.79 Å². The Kier molecular flexibility index (Phi) is 8.14. The number of amides is 1. The molecule has 0 spiro atoms. The number of aryl methyl sites for hydroxylation is 2. The van der Waals surface area contributed by atoms with E-state index in [0.29, 0.717) is 6.54 Å². The highest BCUT2D eigenvalue weighted by Crippen LogP contribution is 2.18. The van der Waals surface area contributed by atoms with Crippen LogP contribution in [0.25, 0.3) is 0 Å². The Balaban J connectivity index is 1.27. The lowest BCUT2D eigenvalue weighted by Crippen LogP contribution is -2.46. The first-order valence-corrected chi connectivity index (χ1v) is 11.1. The van der Waals surface area contributed by atoms with Crippen LogP contribution in [0.15, 0.2) is 48.5 Å². The van der Waals surface area contributed by atoms with Gasteiger partial charge in [-0.05, 0) is 70.0 Å². The van der Waals surface area contributed by atoms with Crippen molar-refractivity contribution in [3.8, 4) is 5.75 Å². The molecule has 1 aliphatic heterocycles. The van der Waals surface area contributed by atoms with Crippen molar-refractivity contribution in [1.82, 2.24) is 10.2 Å². The molecule has 30 heavy (non-hydrogen) atoms. The summed E-state index contributed by atoms with van der Waals surface area (Å²) in [4.78, 5) is 17.2. The summed E-state index contributed by atoms with van der Waals surface area (Å²) in [6, 6.07) is 16.5. The Hall–Kier alpha value is -2.53. The summed E-state index contributed by atoms with van der Waals surface area (Å²) in [6.45, 7) is 12.1. The van der Waals surface area contributed by atoms with Crippen LogP contribution >= 0.6 is 0 Å². The lowest BCUT2D eigenvalue weighted by atomic mass is 10.2. The molecule has 0 aromatic heterocycles. The highest BCUT2D eigenvalue weighted by atomic mass is 16.5. The zero-order valence-electron chi connectivity index (χ0n) is 18.6. The summed E-state index contributed by atoms with van der Waals surface area (Å²) in [7, 11) is 0. The molecule has 2 aromatic carbocycles. The van der Waals surface area contributed by atoms with Crippen LogP contribution < -0.4 is 15.0 Å². The Labute approximate surface area is 181 Å². The van der Waals surface area contributed by atoms with Gasteiger partial charge in [-0.25, -0.2) is 0 Å². The molecule has 1 aliphatic rings. The van der Waals surface area contributed by atoms with Crippen LogP contribution in [0.3, 0.4) is 0 Å². The van der Waals surface area contributed by atoms with Crippen LogP contribution in [0.5, 0.6) is 5.75 Å². The molecule has 1 saturated heterocycles. The van der Waals surface area contributed by atoms with Crippen molar-refractivity contribution in [1.29, 1.82) is 0 Å². The number of carbonyl (C=O) groups excluding carboxylic acids is 1. The summed E-state index contributed by atoms with van der Waals surface area (Å²) in [6.07, 6.45) is 1.60. The number of hydrogen-bond donors (Lipinski definition) is 1. The second kappa shape index (κ2) is 11.0. The Morgan fingerprint density at radius 2 is 1.73 bits per heavy atom. The molecule has 0 aliphatic carbocycles. The normalized spacial score (nSPS) is 15.6. The van der Waals surface area contributed by atoms with Gasteiger partial charge in [-0.2, -0.15) is 0 Å². The first-order valence-electron chi connectivity index (χ1n) is 11.1. The maximum Gasteiger partial charge on any atom is 0.260 e. The van der Waals surface area contributed by atoms with E-state index in [2.05, 4.69) is 46.3 Å². The van der Waals surface area contributed by atoms with Gasteiger partial charge in [-0.1, -0.05) is 29.8 Å². The van der Waals surface area contributed by atoms with E-state index in [1.807, 2.05) is 31.2 Å². The van der Waals surface area contributed by atoms with E-state index in [1.54, 1.807) is 6.92 Å². The highest BCUT2D eigenvalue weighted by Gasteiger charge is 2.17. The molecule has 1 amide bonds. The van der Waals surface area contributed by atoms with Crippen LogP contribution in [0, 0.1) is 13.8 Å². The van der Waals surface area contributed by atoms with Crippen molar-refractivity contribution in [2.75, 3.05) is 44.2 Å². The van der Waals surface area contributed by atoms with E-state index < -0.39 is 6.10 Å². The fourth-order valence-electron chi connectivity index (χ4n) is 3.74. The number of nitrogens with one attached hydrogen (secondary N) is 1. The van der Waals surface area contributed by atoms with Gasteiger partial charge in [0.2, 0.25) is 0 Å². The van der Waals surface area contributed by atoms with Crippen molar-refractivity contribution < 1.29 is 9.53 Å². The van der Waals surface area contributed by atoms with Crippen molar-refractivity contribution >= 4 is 11.6 Å². The summed E-state index contributed by atoms with van der Waals surface area (Å²) >= 11 is 0. The first kappa shape index (κ1) is 22.2. The number of anilines is 1.